The molecule has 1 aliphatic rings. The first-order valence-electron chi connectivity index (χ1n) is 4.88. The molecule has 2 rings (SSSR count). The number of anilines is 1. The highest BCUT2D eigenvalue weighted by Crippen LogP contribution is 2.36. The number of nitrogens with two attached hydrogens (primary N) is 1. The molecule has 0 radical (unpaired) electrons. The molecule has 3 N–H and O–H groups in total. The maximum Gasteiger partial charge on any atom is 0.237 e. The lowest BCUT2D eigenvalue weighted by atomic mass is 10.1. The van der Waals surface area contributed by atoms with Crippen LogP contribution in [-0.2, 0) is 4.79 Å². The van der Waals surface area contributed by atoms with Crippen molar-refractivity contribution in [2.75, 3.05) is 5.32 Å². The van der Waals surface area contributed by atoms with Crippen LogP contribution in [0, 0.1) is 11.3 Å². The maximum atomic E-state index is 11.5. The number of thioether (sulfide) groups is 1. The van der Waals surface area contributed by atoms with Crippen molar-refractivity contribution in [1.29, 1.82) is 5.26 Å². The molecule has 0 aliphatic carbocycles. The van der Waals surface area contributed by atoms with Crippen molar-refractivity contribution in [3.63, 3.8) is 0 Å². The molecule has 5 heteroatoms. The van der Waals surface area contributed by atoms with E-state index >= 15 is 0 Å². The van der Waals surface area contributed by atoms with E-state index in [0.29, 0.717) is 0 Å². The number of nitrogens with one attached hydrogen (secondary N) is 1. The summed E-state index contributed by atoms with van der Waals surface area (Å²) in [5.74, 6) is -0.0137. The largest absolute Gasteiger partial charge is 0.324 e. The fourth-order valence-electron chi connectivity index (χ4n) is 1.49. The Balaban J connectivity index is 2.37. The first-order valence-corrected chi connectivity index (χ1v) is 5.76. The van der Waals surface area contributed by atoms with Crippen molar-refractivity contribution < 1.29 is 4.79 Å². The number of hydrogen-bond acceptors (Lipinski definition) is 4. The summed E-state index contributed by atoms with van der Waals surface area (Å²) in [7, 11) is 0. The van der Waals surface area contributed by atoms with E-state index in [1.807, 2.05) is 25.1 Å². The van der Waals surface area contributed by atoms with Gasteiger partial charge in [0.1, 0.15) is 6.04 Å². The Hall–Kier alpha value is -1.51. The zero-order chi connectivity index (χ0) is 11.7. The fourth-order valence-corrected chi connectivity index (χ4v) is 2.42. The minimum absolute atomic E-state index is 0.0137. The number of nitriles is 1. The van der Waals surface area contributed by atoms with Crippen molar-refractivity contribution in [3.8, 4) is 6.07 Å². The van der Waals surface area contributed by atoms with Gasteiger partial charge in [-0.1, -0.05) is 6.07 Å². The molecule has 2 atom stereocenters. The van der Waals surface area contributed by atoms with Gasteiger partial charge in [0.2, 0.25) is 5.91 Å². The number of fused-ring (bicyclic) bond motifs is 1. The zero-order valence-electron chi connectivity index (χ0n) is 8.73. The van der Waals surface area contributed by atoms with Gasteiger partial charge in [-0.3, -0.25) is 4.79 Å². The van der Waals surface area contributed by atoms with Crippen LogP contribution in [0.1, 0.15) is 18.5 Å². The highest BCUT2D eigenvalue weighted by Gasteiger charge is 2.23. The van der Waals surface area contributed by atoms with Gasteiger partial charge < -0.3 is 11.1 Å². The number of carbonyl (C=O) groups is 1. The Morgan fingerprint density at radius 3 is 3.06 bits per heavy atom. The molecule has 1 aromatic carbocycles. The van der Waals surface area contributed by atoms with E-state index in [1.54, 1.807) is 6.07 Å². The van der Waals surface area contributed by atoms with Gasteiger partial charge in [0.15, 0.2) is 0 Å². The molecule has 16 heavy (non-hydrogen) atoms. The van der Waals surface area contributed by atoms with Crippen molar-refractivity contribution >= 4 is 23.4 Å². The second kappa shape index (κ2) is 4.16. The molecule has 1 aliphatic heterocycles. The fraction of sp³-hybridized carbons (Fsp3) is 0.273. The van der Waals surface area contributed by atoms with E-state index in [9.17, 15) is 4.79 Å². The minimum Gasteiger partial charge on any atom is -0.324 e. The Morgan fingerprint density at radius 1 is 1.62 bits per heavy atom. The minimum atomic E-state index is -0.647. The molecular formula is C11H11N3OS. The van der Waals surface area contributed by atoms with Crippen LogP contribution in [0.15, 0.2) is 23.1 Å². The molecule has 0 saturated heterocycles. The predicted molar refractivity (Wildman–Crippen MR) is 62.9 cm³/mol. The Kier molecular flexibility index (Phi) is 2.86. The number of benzene rings is 1. The van der Waals surface area contributed by atoms with E-state index in [-0.39, 0.29) is 11.2 Å². The zero-order valence-corrected chi connectivity index (χ0v) is 9.54. The molecule has 0 spiro atoms. The average molecular weight is 233 g/mol. The van der Waals surface area contributed by atoms with Crippen LogP contribution in [0.2, 0.25) is 0 Å². The van der Waals surface area contributed by atoms with Crippen LogP contribution in [0.5, 0.6) is 0 Å². The summed E-state index contributed by atoms with van der Waals surface area (Å²) in [5, 5.41) is 11.4. The molecule has 4 nitrogen and oxygen atoms in total. The van der Waals surface area contributed by atoms with Crippen LogP contribution in [0.25, 0.3) is 0 Å². The summed E-state index contributed by atoms with van der Waals surface area (Å²) >= 11 is 1.51. The third kappa shape index (κ3) is 1.90. The second-order valence-electron chi connectivity index (χ2n) is 3.61. The molecule has 2 unspecified atom stereocenters. The Bertz CT molecular complexity index is 481. The third-order valence-corrected chi connectivity index (χ3v) is 3.61. The predicted octanol–water partition coefficient (Wildman–Crippen LogP) is 1.64. The van der Waals surface area contributed by atoms with Crippen LogP contribution in [0.3, 0.4) is 0 Å². The van der Waals surface area contributed by atoms with E-state index in [0.717, 1.165) is 16.1 Å². The van der Waals surface area contributed by atoms with Crippen LogP contribution in [0.4, 0.5) is 5.69 Å². The molecular weight excluding hydrogens is 222 g/mol. The van der Waals surface area contributed by atoms with Gasteiger partial charge in [-0.25, -0.2) is 0 Å². The number of nitrogens with zero attached hydrogens (tertiary/aromatic N) is 1. The summed E-state index contributed by atoms with van der Waals surface area (Å²) in [5.41, 5.74) is 7.07. The van der Waals surface area contributed by atoms with E-state index < -0.39 is 6.04 Å². The van der Waals surface area contributed by atoms with Crippen LogP contribution >= 0.6 is 11.8 Å². The molecule has 1 heterocycles. The number of carbonyl (C=O) groups excluding carboxylic acids is 1. The molecule has 0 fully saturated rings. The third-order valence-electron chi connectivity index (χ3n) is 2.43. The number of rotatable bonds is 1. The summed E-state index contributed by atoms with van der Waals surface area (Å²) in [6.45, 7) is 1.86. The summed E-state index contributed by atoms with van der Waals surface area (Å²) < 4.78 is 0. The van der Waals surface area contributed by atoms with E-state index in [2.05, 4.69) is 5.32 Å². The summed E-state index contributed by atoms with van der Waals surface area (Å²) in [4.78, 5) is 12.5. The summed E-state index contributed by atoms with van der Waals surface area (Å²) in [6, 6.07) is 6.80. The highest BCUT2D eigenvalue weighted by atomic mass is 32.2. The van der Waals surface area contributed by atoms with Gasteiger partial charge in [0.25, 0.3) is 0 Å². The lowest BCUT2D eigenvalue weighted by molar-refractivity contribution is -0.115. The number of amides is 1. The summed E-state index contributed by atoms with van der Waals surface area (Å²) in [6.07, 6.45) is 0. The van der Waals surface area contributed by atoms with Gasteiger partial charge >= 0.3 is 0 Å². The molecule has 0 bridgehead atoms. The second-order valence-corrected chi connectivity index (χ2v) is 4.99. The van der Waals surface area contributed by atoms with Crippen LogP contribution < -0.4 is 11.1 Å². The van der Waals surface area contributed by atoms with Gasteiger partial charge in [-0.2, -0.15) is 5.26 Å². The lowest BCUT2D eigenvalue weighted by Gasteiger charge is -2.22. The van der Waals surface area contributed by atoms with E-state index in [1.165, 1.54) is 11.8 Å². The first-order chi connectivity index (χ1) is 7.61. The quantitative estimate of drug-likeness (QED) is 0.773. The molecule has 0 saturated carbocycles. The topological polar surface area (TPSA) is 78.9 Å². The lowest BCUT2D eigenvalue weighted by Crippen LogP contribution is -2.26. The number of hydrogen-bond donors (Lipinski definition) is 2. The Morgan fingerprint density at radius 2 is 2.38 bits per heavy atom. The van der Waals surface area contributed by atoms with Gasteiger partial charge in [0, 0.05) is 4.90 Å². The van der Waals surface area contributed by atoms with Crippen LogP contribution in [-0.4, -0.2) is 11.2 Å². The van der Waals surface area contributed by atoms with Crippen molar-refractivity contribution in [3.05, 3.63) is 23.8 Å². The maximum absolute atomic E-state index is 11.5. The Labute approximate surface area is 97.8 Å². The van der Waals surface area contributed by atoms with Gasteiger partial charge in [0.05, 0.1) is 17.0 Å². The molecule has 82 valence electrons. The van der Waals surface area contributed by atoms with Crippen molar-refractivity contribution in [2.45, 2.75) is 23.1 Å². The molecule has 0 aromatic heterocycles. The van der Waals surface area contributed by atoms with Crippen molar-refractivity contribution in [1.82, 2.24) is 0 Å². The SMILES string of the molecule is CC1Sc2ccc(C(N)C#N)cc2NC1=O. The monoisotopic (exact) mass is 233 g/mol. The first kappa shape index (κ1) is 11.0. The molecule has 1 aromatic rings. The highest BCUT2D eigenvalue weighted by molar-refractivity contribution is 8.00. The van der Waals surface area contributed by atoms with Crippen molar-refractivity contribution in [2.24, 2.45) is 5.73 Å². The van der Waals surface area contributed by atoms with E-state index in [4.69, 9.17) is 11.0 Å². The van der Waals surface area contributed by atoms with Gasteiger partial charge in [-0.15, -0.1) is 11.8 Å². The standard InChI is InChI=1S/C11H11N3OS/c1-6-11(15)14-9-4-7(8(13)5-12)2-3-10(9)16-6/h2-4,6,8H,13H2,1H3,(H,14,15). The smallest absolute Gasteiger partial charge is 0.237 e. The molecule has 1 amide bonds. The normalized spacial score (nSPS) is 20.6. The van der Waals surface area contributed by atoms with Gasteiger partial charge in [-0.05, 0) is 24.6 Å². The average Bonchev–Trinajstić information content (AvgIpc) is 2.29.